The van der Waals surface area contributed by atoms with E-state index in [2.05, 4.69) is 10.6 Å². The maximum Gasteiger partial charge on any atom is 0.328 e. The van der Waals surface area contributed by atoms with Crippen molar-refractivity contribution in [3.8, 4) is 0 Å². The second-order valence-corrected chi connectivity index (χ2v) is 4.89. The summed E-state index contributed by atoms with van der Waals surface area (Å²) >= 11 is 7.74. The lowest BCUT2D eigenvalue weighted by molar-refractivity contribution is -0.140. The number of carbonyl (C=O) groups is 2. The standard InChI is InChI=1S/C10H10ClIN2O4/c11-5-1-2-7(6(12)3-5)13-10(18)14-8(4-15)9(16)17/h1-3,8,15H,4H2,(H,16,17)(H2,13,14,18). The Morgan fingerprint density at radius 2 is 2.11 bits per heavy atom. The average molecular weight is 385 g/mol. The molecule has 0 aliphatic heterocycles. The van der Waals surface area contributed by atoms with Crippen LogP contribution in [-0.4, -0.2) is 34.9 Å². The fourth-order valence-electron chi connectivity index (χ4n) is 1.09. The van der Waals surface area contributed by atoms with E-state index in [-0.39, 0.29) is 0 Å². The van der Waals surface area contributed by atoms with E-state index in [1.54, 1.807) is 18.2 Å². The monoisotopic (exact) mass is 384 g/mol. The van der Waals surface area contributed by atoms with Crippen LogP contribution >= 0.6 is 34.2 Å². The van der Waals surface area contributed by atoms with Gasteiger partial charge < -0.3 is 20.8 Å². The second-order valence-electron chi connectivity index (χ2n) is 3.30. The van der Waals surface area contributed by atoms with E-state index >= 15 is 0 Å². The molecule has 1 atom stereocenters. The summed E-state index contributed by atoms with van der Waals surface area (Å²) in [4.78, 5) is 22.1. The van der Waals surface area contributed by atoms with E-state index in [0.29, 0.717) is 14.3 Å². The van der Waals surface area contributed by atoms with Crippen molar-refractivity contribution in [3.05, 3.63) is 26.8 Å². The number of rotatable bonds is 4. The lowest BCUT2D eigenvalue weighted by Crippen LogP contribution is -2.45. The van der Waals surface area contributed by atoms with Gasteiger partial charge in [-0.3, -0.25) is 0 Å². The number of carbonyl (C=O) groups excluding carboxylic acids is 1. The fraction of sp³-hybridized carbons (Fsp3) is 0.200. The number of aliphatic carboxylic acids is 1. The van der Waals surface area contributed by atoms with Gasteiger partial charge >= 0.3 is 12.0 Å². The molecule has 1 aromatic carbocycles. The molecule has 18 heavy (non-hydrogen) atoms. The van der Waals surface area contributed by atoms with Crippen LogP contribution in [0, 0.1) is 3.57 Å². The van der Waals surface area contributed by atoms with Gasteiger partial charge in [0, 0.05) is 8.59 Å². The summed E-state index contributed by atoms with van der Waals surface area (Å²) < 4.78 is 0.714. The fourth-order valence-corrected chi connectivity index (χ4v) is 2.10. The molecule has 0 saturated heterocycles. The van der Waals surface area contributed by atoms with Gasteiger partial charge in [0.25, 0.3) is 0 Å². The molecule has 0 aliphatic carbocycles. The molecule has 1 unspecified atom stereocenters. The zero-order chi connectivity index (χ0) is 13.7. The van der Waals surface area contributed by atoms with Crippen LogP contribution in [0.15, 0.2) is 18.2 Å². The zero-order valence-corrected chi connectivity index (χ0v) is 11.9. The molecule has 6 nitrogen and oxygen atoms in total. The molecule has 8 heteroatoms. The molecule has 1 aromatic rings. The van der Waals surface area contributed by atoms with Crippen molar-refractivity contribution in [2.75, 3.05) is 11.9 Å². The molecule has 1 rings (SSSR count). The number of hydrogen-bond acceptors (Lipinski definition) is 3. The minimum atomic E-state index is -1.34. The zero-order valence-electron chi connectivity index (χ0n) is 8.98. The number of carboxylic acid groups (broad SMARTS) is 1. The third-order valence-corrected chi connectivity index (χ3v) is 3.09. The summed E-state index contributed by atoms with van der Waals surface area (Å²) in [6, 6.07) is 2.79. The Balaban J connectivity index is 2.67. The van der Waals surface area contributed by atoms with E-state index in [9.17, 15) is 9.59 Å². The van der Waals surface area contributed by atoms with Crippen molar-refractivity contribution in [2.24, 2.45) is 0 Å². The van der Waals surface area contributed by atoms with E-state index in [1.165, 1.54) is 0 Å². The highest BCUT2D eigenvalue weighted by atomic mass is 127. The quantitative estimate of drug-likeness (QED) is 0.592. The predicted molar refractivity (Wildman–Crippen MR) is 74.8 cm³/mol. The Hall–Kier alpha value is -1.06. The van der Waals surface area contributed by atoms with Crippen LogP contribution in [0.5, 0.6) is 0 Å². The number of urea groups is 1. The lowest BCUT2D eigenvalue weighted by Gasteiger charge is -2.13. The largest absolute Gasteiger partial charge is 0.480 e. The van der Waals surface area contributed by atoms with Crippen molar-refractivity contribution in [1.29, 1.82) is 0 Å². The van der Waals surface area contributed by atoms with Gasteiger partial charge in [-0.1, -0.05) is 11.6 Å². The van der Waals surface area contributed by atoms with Crippen LogP contribution in [0.2, 0.25) is 5.02 Å². The summed E-state index contributed by atoms with van der Waals surface area (Å²) in [7, 11) is 0. The molecule has 98 valence electrons. The number of anilines is 1. The van der Waals surface area contributed by atoms with E-state index < -0.39 is 24.6 Å². The summed E-state index contributed by atoms with van der Waals surface area (Å²) in [5.74, 6) is -1.31. The smallest absolute Gasteiger partial charge is 0.328 e. The first-order valence-corrected chi connectivity index (χ1v) is 6.26. The molecular formula is C10H10ClIN2O4. The van der Waals surface area contributed by atoms with Crippen molar-refractivity contribution in [1.82, 2.24) is 5.32 Å². The topological polar surface area (TPSA) is 98.7 Å². The molecule has 0 aromatic heterocycles. The van der Waals surface area contributed by atoms with Crippen LogP contribution in [0.4, 0.5) is 10.5 Å². The van der Waals surface area contributed by atoms with Gasteiger partial charge in [-0.25, -0.2) is 9.59 Å². The number of halogens is 2. The van der Waals surface area contributed by atoms with Gasteiger partial charge in [0.1, 0.15) is 0 Å². The van der Waals surface area contributed by atoms with Gasteiger partial charge in [0.2, 0.25) is 0 Å². The van der Waals surface area contributed by atoms with Gasteiger partial charge in [0.05, 0.1) is 12.3 Å². The highest BCUT2D eigenvalue weighted by molar-refractivity contribution is 14.1. The molecule has 0 heterocycles. The third kappa shape index (κ3) is 4.31. The van der Waals surface area contributed by atoms with E-state index in [4.69, 9.17) is 21.8 Å². The normalized spacial score (nSPS) is 11.7. The van der Waals surface area contributed by atoms with Crippen LogP contribution in [0.25, 0.3) is 0 Å². The first-order valence-electron chi connectivity index (χ1n) is 4.80. The molecule has 4 N–H and O–H groups in total. The van der Waals surface area contributed by atoms with Gasteiger partial charge in [-0.05, 0) is 40.8 Å². The van der Waals surface area contributed by atoms with Crippen molar-refractivity contribution in [3.63, 3.8) is 0 Å². The third-order valence-electron chi connectivity index (χ3n) is 1.97. The van der Waals surface area contributed by atoms with Crippen molar-refractivity contribution < 1.29 is 19.8 Å². The predicted octanol–water partition coefficient (Wildman–Crippen LogP) is 1.51. The number of hydrogen-bond donors (Lipinski definition) is 4. The molecule has 0 saturated carbocycles. The van der Waals surface area contributed by atoms with Crippen LogP contribution in [0.3, 0.4) is 0 Å². The highest BCUT2D eigenvalue weighted by Gasteiger charge is 2.18. The molecule has 0 aliphatic rings. The second kappa shape index (κ2) is 6.76. The Kier molecular flexibility index (Phi) is 5.63. The Bertz CT molecular complexity index is 469. The average Bonchev–Trinajstić information content (AvgIpc) is 2.29. The van der Waals surface area contributed by atoms with Gasteiger partial charge in [-0.15, -0.1) is 0 Å². The van der Waals surface area contributed by atoms with E-state index in [1.807, 2.05) is 22.6 Å². The van der Waals surface area contributed by atoms with Crippen LogP contribution in [-0.2, 0) is 4.79 Å². The lowest BCUT2D eigenvalue weighted by atomic mass is 10.3. The molecule has 0 fully saturated rings. The highest BCUT2D eigenvalue weighted by Crippen LogP contribution is 2.22. The number of amides is 2. The van der Waals surface area contributed by atoms with Crippen molar-refractivity contribution in [2.45, 2.75) is 6.04 Å². The van der Waals surface area contributed by atoms with Gasteiger partial charge in [0.15, 0.2) is 6.04 Å². The number of aliphatic hydroxyl groups is 1. The van der Waals surface area contributed by atoms with Crippen LogP contribution < -0.4 is 10.6 Å². The summed E-state index contributed by atoms with van der Waals surface area (Å²) in [6.07, 6.45) is 0. The van der Waals surface area contributed by atoms with Crippen LogP contribution in [0.1, 0.15) is 0 Å². The number of carboxylic acids is 1. The Labute approximate surface area is 121 Å². The molecule has 0 bridgehead atoms. The molecule has 0 spiro atoms. The molecule has 0 radical (unpaired) electrons. The maximum atomic E-state index is 11.5. The number of aliphatic hydroxyl groups excluding tert-OH is 1. The molecule has 2 amide bonds. The Morgan fingerprint density at radius 1 is 1.44 bits per heavy atom. The van der Waals surface area contributed by atoms with E-state index in [0.717, 1.165) is 0 Å². The van der Waals surface area contributed by atoms with Gasteiger partial charge in [-0.2, -0.15) is 0 Å². The Morgan fingerprint density at radius 3 is 2.61 bits per heavy atom. The molecular weight excluding hydrogens is 374 g/mol. The maximum absolute atomic E-state index is 11.5. The minimum Gasteiger partial charge on any atom is -0.480 e. The minimum absolute atomic E-state index is 0.500. The number of benzene rings is 1. The first kappa shape index (κ1) is 15.0. The number of nitrogens with one attached hydrogen (secondary N) is 2. The SMILES string of the molecule is O=C(Nc1ccc(Cl)cc1I)NC(CO)C(=O)O. The summed E-state index contributed by atoms with van der Waals surface area (Å²) in [5.41, 5.74) is 0.500. The first-order chi connectivity index (χ1) is 8.43. The van der Waals surface area contributed by atoms with Crippen molar-refractivity contribution >= 4 is 51.9 Å². The summed E-state index contributed by atoms with van der Waals surface area (Å²) in [6.45, 7) is -0.680. The summed E-state index contributed by atoms with van der Waals surface area (Å²) in [5, 5.41) is 22.5.